The summed E-state index contributed by atoms with van der Waals surface area (Å²) in [6, 6.07) is 10.7. The number of amides is 2. The molecule has 5 heteroatoms. The topological polar surface area (TPSA) is 54.0 Å². The molecule has 19 heavy (non-hydrogen) atoms. The first-order valence-electron chi connectivity index (χ1n) is 5.85. The van der Waals surface area contributed by atoms with Crippen molar-refractivity contribution in [2.24, 2.45) is 0 Å². The van der Waals surface area contributed by atoms with Gasteiger partial charge in [-0.1, -0.05) is 23.7 Å². The molecule has 2 amide bonds. The van der Waals surface area contributed by atoms with E-state index in [1.807, 2.05) is 31.2 Å². The second kappa shape index (κ2) is 6.20. The summed E-state index contributed by atoms with van der Waals surface area (Å²) in [7, 11) is 0. The number of nitrogens with zero attached hydrogens (tertiary/aromatic N) is 1. The van der Waals surface area contributed by atoms with Gasteiger partial charge in [-0.3, -0.25) is 5.32 Å². The lowest BCUT2D eigenvalue weighted by Crippen LogP contribution is -2.28. The number of hydrogen-bond donors (Lipinski definition) is 2. The molecule has 0 aliphatic rings. The van der Waals surface area contributed by atoms with Crippen LogP contribution in [0.4, 0.5) is 10.6 Å². The molecule has 0 atom stereocenters. The molecule has 0 aliphatic carbocycles. The molecule has 1 heterocycles. The quantitative estimate of drug-likeness (QED) is 0.902. The minimum absolute atomic E-state index is 0.293. The average molecular weight is 276 g/mol. The lowest BCUT2D eigenvalue weighted by atomic mass is 10.2. The van der Waals surface area contributed by atoms with Crippen LogP contribution in [0, 0.1) is 6.92 Å². The number of urea groups is 1. The van der Waals surface area contributed by atoms with Crippen LogP contribution >= 0.6 is 11.6 Å². The fourth-order valence-corrected chi connectivity index (χ4v) is 1.81. The van der Waals surface area contributed by atoms with Crippen molar-refractivity contribution in [3.63, 3.8) is 0 Å². The molecule has 2 rings (SSSR count). The SMILES string of the molecule is Cc1ccnc(NC(=O)NCc2cccc(Cl)c2)c1. The average Bonchev–Trinajstić information content (AvgIpc) is 2.36. The van der Waals surface area contributed by atoms with Crippen LogP contribution in [0.15, 0.2) is 42.6 Å². The van der Waals surface area contributed by atoms with Crippen molar-refractivity contribution in [1.29, 1.82) is 0 Å². The molecule has 0 aliphatic heterocycles. The van der Waals surface area contributed by atoms with Crippen molar-refractivity contribution in [3.8, 4) is 0 Å². The minimum Gasteiger partial charge on any atom is -0.334 e. The highest BCUT2D eigenvalue weighted by atomic mass is 35.5. The van der Waals surface area contributed by atoms with E-state index in [-0.39, 0.29) is 6.03 Å². The highest BCUT2D eigenvalue weighted by molar-refractivity contribution is 6.30. The van der Waals surface area contributed by atoms with Crippen LogP contribution in [0.3, 0.4) is 0 Å². The summed E-state index contributed by atoms with van der Waals surface area (Å²) in [4.78, 5) is 15.7. The van der Waals surface area contributed by atoms with Gasteiger partial charge in [-0.2, -0.15) is 0 Å². The van der Waals surface area contributed by atoms with Crippen molar-refractivity contribution in [2.45, 2.75) is 13.5 Å². The molecule has 0 saturated heterocycles. The largest absolute Gasteiger partial charge is 0.334 e. The predicted octanol–water partition coefficient (Wildman–Crippen LogP) is 3.37. The number of pyridine rings is 1. The molecule has 0 spiro atoms. The van der Waals surface area contributed by atoms with E-state index in [2.05, 4.69) is 15.6 Å². The maximum Gasteiger partial charge on any atom is 0.320 e. The van der Waals surface area contributed by atoms with E-state index in [1.165, 1.54) is 0 Å². The zero-order valence-electron chi connectivity index (χ0n) is 10.5. The third-order valence-electron chi connectivity index (χ3n) is 2.50. The van der Waals surface area contributed by atoms with Gasteiger partial charge in [-0.25, -0.2) is 9.78 Å². The van der Waals surface area contributed by atoms with Crippen LogP contribution in [0.2, 0.25) is 5.02 Å². The van der Waals surface area contributed by atoms with Gasteiger partial charge >= 0.3 is 6.03 Å². The highest BCUT2D eigenvalue weighted by Crippen LogP contribution is 2.10. The molecule has 2 aromatic rings. The fourth-order valence-electron chi connectivity index (χ4n) is 1.59. The molecule has 0 unspecified atom stereocenters. The normalized spacial score (nSPS) is 10.0. The van der Waals surface area contributed by atoms with E-state index in [0.717, 1.165) is 11.1 Å². The molecule has 98 valence electrons. The number of carbonyl (C=O) groups excluding carboxylic acids is 1. The Labute approximate surface area is 116 Å². The fraction of sp³-hybridized carbons (Fsp3) is 0.143. The summed E-state index contributed by atoms with van der Waals surface area (Å²) in [5, 5.41) is 6.07. The number of benzene rings is 1. The van der Waals surface area contributed by atoms with Crippen molar-refractivity contribution < 1.29 is 4.79 Å². The highest BCUT2D eigenvalue weighted by Gasteiger charge is 2.02. The van der Waals surface area contributed by atoms with Crippen molar-refractivity contribution in [2.75, 3.05) is 5.32 Å². The van der Waals surface area contributed by atoms with Crippen LogP contribution in [0.25, 0.3) is 0 Å². The van der Waals surface area contributed by atoms with Crippen LogP contribution in [0.5, 0.6) is 0 Å². The maximum absolute atomic E-state index is 11.7. The summed E-state index contributed by atoms with van der Waals surface area (Å²) >= 11 is 5.87. The number of halogens is 1. The van der Waals surface area contributed by atoms with Crippen molar-refractivity contribution >= 4 is 23.4 Å². The molecule has 1 aromatic heterocycles. The lowest BCUT2D eigenvalue weighted by Gasteiger charge is -2.07. The van der Waals surface area contributed by atoms with E-state index in [1.54, 1.807) is 18.3 Å². The van der Waals surface area contributed by atoms with Crippen LogP contribution in [-0.2, 0) is 6.54 Å². The van der Waals surface area contributed by atoms with Gasteiger partial charge in [-0.15, -0.1) is 0 Å². The first kappa shape index (κ1) is 13.4. The Morgan fingerprint density at radius 3 is 2.89 bits per heavy atom. The monoisotopic (exact) mass is 275 g/mol. The summed E-state index contributed by atoms with van der Waals surface area (Å²) in [6.45, 7) is 2.36. The Hall–Kier alpha value is -2.07. The standard InChI is InChI=1S/C14H14ClN3O/c1-10-5-6-16-13(7-10)18-14(19)17-9-11-3-2-4-12(15)8-11/h2-8H,9H2,1H3,(H2,16,17,18,19). The van der Waals surface area contributed by atoms with Gasteiger partial charge in [0.1, 0.15) is 5.82 Å². The molecule has 0 radical (unpaired) electrons. The van der Waals surface area contributed by atoms with Gasteiger partial charge in [0.25, 0.3) is 0 Å². The molecule has 0 saturated carbocycles. The number of aryl methyl sites for hydroxylation is 1. The van der Waals surface area contributed by atoms with Crippen LogP contribution in [-0.4, -0.2) is 11.0 Å². The second-order valence-corrected chi connectivity index (χ2v) is 4.59. The molecule has 0 fully saturated rings. The molecular weight excluding hydrogens is 262 g/mol. The van der Waals surface area contributed by atoms with Crippen molar-refractivity contribution in [3.05, 3.63) is 58.7 Å². The third-order valence-corrected chi connectivity index (χ3v) is 2.73. The van der Waals surface area contributed by atoms with Crippen molar-refractivity contribution in [1.82, 2.24) is 10.3 Å². The zero-order chi connectivity index (χ0) is 13.7. The number of anilines is 1. The van der Waals surface area contributed by atoms with Gasteiger partial charge in [0, 0.05) is 17.8 Å². The predicted molar refractivity (Wildman–Crippen MR) is 76.3 cm³/mol. The Morgan fingerprint density at radius 1 is 1.32 bits per heavy atom. The maximum atomic E-state index is 11.7. The van der Waals surface area contributed by atoms with Gasteiger partial charge in [0.2, 0.25) is 0 Å². The van der Waals surface area contributed by atoms with Gasteiger partial charge < -0.3 is 5.32 Å². The molecule has 0 bridgehead atoms. The van der Waals surface area contributed by atoms with E-state index in [9.17, 15) is 4.79 Å². The number of aromatic nitrogens is 1. The first-order chi connectivity index (χ1) is 9.13. The molecule has 1 aromatic carbocycles. The van der Waals surface area contributed by atoms with Gasteiger partial charge in [0.05, 0.1) is 0 Å². The van der Waals surface area contributed by atoms with Crippen LogP contribution < -0.4 is 10.6 Å². The number of hydrogen-bond acceptors (Lipinski definition) is 2. The minimum atomic E-state index is -0.293. The summed E-state index contributed by atoms with van der Waals surface area (Å²) in [5.74, 6) is 0.531. The van der Waals surface area contributed by atoms with E-state index >= 15 is 0 Å². The number of nitrogens with one attached hydrogen (secondary N) is 2. The lowest BCUT2D eigenvalue weighted by molar-refractivity contribution is 0.251. The van der Waals surface area contributed by atoms with E-state index in [0.29, 0.717) is 17.4 Å². The smallest absolute Gasteiger partial charge is 0.320 e. The summed E-state index contributed by atoms with van der Waals surface area (Å²) < 4.78 is 0. The molecule has 2 N–H and O–H groups in total. The Morgan fingerprint density at radius 2 is 2.16 bits per heavy atom. The Kier molecular flexibility index (Phi) is 4.36. The second-order valence-electron chi connectivity index (χ2n) is 4.16. The summed E-state index contributed by atoms with van der Waals surface area (Å²) in [5.41, 5.74) is 1.99. The summed E-state index contributed by atoms with van der Waals surface area (Å²) in [6.07, 6.45) is 1.65. The van der Waals surface area contributed by atoms with Crippen LogP contribution in [0.1, 0.15) is 11.1 Å². The number of rotatable bonds is 3. The van der Waals surface area contributed by atoms with E-state index < -0.39 is 0 Å². The van der Waals surface area contributed by atoms with Gasteiger partial charge in [-0.05, 0) is 42.3 Å². The Balaban J connectivity index is 1.88. The zero-order valence-corrected chi connectivity index (χ0v) is 11.2. The Bertz CT molecular complexity index is 586. The number of carbonyl (C=O) groups is 1. The third kappa shape index (κ3) is 4.26. The first-order valence-corrected chi connectivity index (χ1v) is 6.23. The molecule has 4 nitrogen and oxygen atoms in total. The van der Waals surface area contributed by atoms with Gasteiger partial charge in [0.15, 0.2) is 0 Å². The molecular formula is C14H14ClN3O. The van der Waals surface area contributed by atoms with E-state index in [4.69, 9.17) is 11.6 Å².